The molecule has 1 amide bonds. The van der Waals surface area contributed by atoms with E-state index in [1.807, 2.05) is 18.6 Å². The van der Waals surface area contributed by atoms with Gasteiger partial charge >= 0.3 is 0 Å². The number of carbonyl (C=O) groups excluding carboxylic acids is 1. The highest BCUT2D eigenvalue weighted by Gasteiger charge is 2.20. The molecular formula is C18H18N2O5S2. The lowest BCUT2D eigenvalue weighted by molar-refractivity contribution is 0.0981. The molecule has 2 N–H and O–H groups in total. The molecule has 0 saturated heterocycles. The molecule has 2 aromatic carbocycles. The van der Waals surface area contributed by atoms with Crippen molar-refractivity contribution in [3.8, 4) is 0 Å². The smallest absolute Gasteiger partial charge is 0.265 e. The number of nitrogens with one attached hydrogen (secondary N) is 2. The number of aromatic nitrogens is 1. The molecule has 3 rings (SSSR count). The maximum Gasteiger partial charge on any atom is 0.265 e. The monoisotopic (exact) mass is 406 g/mol. The minimum atomic E-state index is -4.13. The van der Waals surface area contributed by atoms with Crippen LogP contribution >= 0.6 is 0 Å². The minimum Gasteiger partial charge on any atom is -0.358 e. The van der Waals surface area contributed by atoms with Gasteiger partial charge in [-0.2, -0.15) is 0 Å². The van der Waals surface area contributed by atoms with Crippen LogP contribution in [0.2, 0.25) is 0 Å². The summed E-state index contributed by atoms with van der Waals surface area (Å²) < 4.78 is 49.8. The van der Waals surface area contributed by atoms with E-state index in [1.54, 1.807) is 12.1 Å². The average molecular weight is 406 g/mol. The topological polar surface area (TPSA) is 113 Å². The van der Waals surface area contributed by atoms with Crippen LogP contribution in [0.4, 0.5) is 0 Å². The zero-order chi connectivity index (χ0) is 20.0. The molecule has 0 atom stereocenters. The van der Waals surface area contributed by atoms with Gasteiger partial charge in [-0.3, -0.25) is 4.79 Å². The Balaban J connectivity index is 1.89. The highest BCUT2D eigenvalue weighted by molar-refractivity contribution is 7.91. The molecule has 1 heterocycles. The molecule has 0 aliphatic heterocycles. The first-order valence-corrected chi connectivity index (χ1v) is 11.3. The molecule has 142 valence electrons. The third kappa shape index (κ3) is 3.74. The number of fused-ring (bicyclic) bond motifs is 1. The number of carbonyl (C=O) groups is 1. The Hall–Kier alpha value is -2.65. The molecule has 0 spiro atoms. The fourth-order valence-electron chi connectivity index (χ4n) is 2.71. The van der Waals surface area contributed by atoms with Gasteiger partial charge in [-0.15, -0.1) is 0 Å². The first-order chi connectivity index (χ1) is 12.5. The summed E-state index contributed by atoms with van der Waals surface area (Å²) in [7, 11) is -7.57. The second-order valence-electron chi connectivity index (χ2n) is 6.31. The highest BCUT2D eigenvalue weighted by atomic mass is 32.2. The van der Waals surface area contributed by atoms with E-state index in [2.05, 4.69) is 4.98 Å². The molecule has 27 heavy (non-hydrogen) atoms. The van der Waals surface area contributed by atoms with Crippen molar-refractivity contribution in [1.82, 2.24) is 9.71 Å². The van der Waals surface area contributed by atoms with Crippen LogP contribution < -0.4 is 4.72 Å². The van der Waals surface area contributed by atoms with E-state index in [0.29, 0.717) is 0 Å². The van der Waals surface area contributed by atoms with Gasteiger partial charge in [-0.25, -0.2) is 21.6 Å². The van der Waals surface area contributed by atoms with Gasteiger partial charge in [-0.05, 0) is 61.9 Å². The van der Waals surface area contributed by atoms with E-state index in [9.17, 15) is 21.6 Å². The van der Waals surface area contributed by atoms with E-state index in [0.717, 1.165) is 40.5 Å². The van der Waals surface area contributed by atoms with E-state index < -0.39 is 25.8 Å². The summed E-state index contributed by atoms with van der Waals surface area (Å²) in [4.78, 5) is 15.4. The summed E-state index contributed by atoms with van der Waals surface area (Å²) in [6.45, 7) is 3.83. The Morgan fingerprint density at radius 3 is 2.11 bits per heavy atom. The van der Waals surface area contributed by atoms with E-state index in [-0.39, 0.29) is 15.4 Å². The maximum absolute atomic E-state index is 12.4. The van der Waals surface area contributed by atoms with Crippen LogP contribution in [-0.4, -0.2) is 34.0 Å². The molecule has 9 heteroatoms. The predicted octanol–water partition coefficient (Wildman–Crippen LogP) is 2.31. The van der Waals surface area contributed by atoms with Gasteiger partial charge in [-0.1, -0.05) is 0 Å². The number of rotatable bonds is 4. The Morgan fingerprint density at radius 1 is 0.926 bits per heavy atom. The average Bonchev–Trinajstić information content (AvgIpc) is 2.88. The molecule has 0 saturated carbocycles. The molecule has 0 aliphatic carbocycles. The van der Waals surface area contributed by atoms with Crippen LogP contribution in [0.15, 0.2) is 52.3 Å². The van der Waals surface area contributed by atoms with Gasteiger partial charge in [0.2, 0.25) is 0 Å². The Kier molecular flexibility index (Phi) is 4.61. The lowest BCUT2D eigenvalue weighted by Crippen LogP contribution is -2.30. The minimum absolute atomic E-state index is 0.00321. The van der Waals surface area contributed by atoms with Gasteiger partial charge in [0.05, 0.1) is 9.79 Å². The van der Waals surface area contributed by atoms with Crippen molar-refractivity contribution in [3.63, 3.8) is 0 Å². The number of hydrogen-bond donors (Lipinski definition) is 2. The standard InChI is InChI=1S/C18H18N2O5S2/c1-11-12(2)19-17-9-4-13(10-16(11)17)18(21)20-27(24,25)15-7-5-14(6-8-15)26(3,22)23/h4-10,19H,1-3H3,(H,20,21). The molecule has 0 unspecified atom stereocenters. The number of aryl methyl sites for hydroxylation is 2. The summed E-state index contributed by atoms with van der Waals surface area (Å²) in [5, 5.41) is 0.843. The summed E-state index contributed by atoms with van der Waals surface area (Å²) in [5.41, 5.74) is 3.03. The third-order valence-electron chi connectivity index (χ3n) is 4.36. The quantitative estimate of drug-likeness (QED) is 0.690. The van der Waals surface area contributed by atoms with Crippen LogP contribution in [-0.2, 0) is 19.9 Å². The molecule has 7 nitrogen and oxygen atoms in total. The molecule has 0 bridgehead atoms. The van der Waals surface area contributed by atoms with Gasteiger partial charge in [0.15, 0.2) is 9.84 Å². The molecule has 0 fully saturated rings. The van der Waals surface area contributed by atoms with Crippen molar-refractivity contribution < 1.29 is 21.6 Å². The summed E-state index contributed by atoms with van der Waals surface area (Å²) >= 11 is 0. The van der Waals surface area contributed by atoms with Crippen LogP contribution in [0.5, 0.6) is 0 Å². The number of H-pyrrole nitrogens is 1. The van der Waals surface area contributed by atoms with Crippen molar-refractivity contribution in [2.75, 3.05) is 6.26 Å². The number of sulfone groups is 1. The van der Waals surface area contributed by atoms with Crippen LogP contribution in [0.3, 0.4) is 0 Å². The lowest BCUT2D eigenvalue weighted by atomic mass is 10.1. The van der Waals surface area contributed by atoms with Crippen molar-refractivity contribution in [2.24, 2.45) is 0 Å². The predicted molar refractivity (Wildman–Crippen MR) is 102 cm³/mol. The third-order valence-corrected chi connectivity index (χ3v) is 6.84. The molecule has 3 aromatic rings. The largest absolute Gasteiger partial charge is 0.358 e. The van der Waals surface area contributed by atoms with Gasteiger partial charge in [0.25, 0.3) is 15.9 Å². The van der Waals surface area contributed by atoms with Crippen molar-refractivity contribution in [3.05, 3.63) is 59.3 Å². The molecule has 1 aromatic heterocycles. The first kappa shape index (κ1) is 19.1. The number of benzene rings is 2. The SMILES string of the molecule is Cc1[nH]c2ccc(C(=O)NS(=O)(=O)c3ccc(S(C)(=O)=O)cc3)cc2c1C. The van der Waals surface area contributed by atoms with Crippen molar-refractivity contribution in [2.45, 2.75) is 23.6 Å². The molecule has 0 radical (unpaired) electrons. The highest BCUT2D eigenvalue weighted by Crippen LogP contribution is 2.23. The summed E-state index contributed by atoms with van der Waals surface area (Å²) in [6, 6.07) is 9.56. The molecule has 0 aliphatic rings. The number of amides is 1. The maximum atomic E-state index is 12.4. The van der Waals surface area contributed by atoms with Crippen molar-refractivity contribution >= 4 is 36.7 Å². The number of sulfonamides is 1. The summed E-state index contributed by atoms with van der Waals surface area (Å²) in [6.07, 6.45) is 1.03. The lowest BCUT2D eigenvalue weighted by Gasteiger charge is -2.08. The second kappa shape index (κ2) is 6.50. The van der Waals surface area contributed by atoms with Crippen LogP contribution in [0.1, 0.15) is 21.6 Å². The number of aromatic amines is 1. The van der Waals surface area contributed by atoms with E-state index in [4.69, 9.17) is 0 Å². The zero-order valence-corrected chi connectivity index (χ0v) is 16.5. The first-order valence-electron chi connectivity index (χ1n) is 7.95. The molecular weight excluding hydrogens is 388 g/mol. The van der Waals surface area contributed by atoms with Crippen LogP contribution in [0, 0.1) is 13.8 Å². The normalized spacial score (nSPS) is 12.3. The van der Waals surface area contributed by atoms with Gasteiger partial charge < -0.3 is 4.98 Å². The fraction of sp³-hybridized carbons (Fsp3) is 0.167. The van der Waals surface area contributed by atoms with Gasteiger partial charge in [0, 0.05) is 28.4 Å². The van der Waals surface area contributed by atoms with E-state index >= 15 is 0 Å². The van der Waals surface area contributed by atoms with Crippen LogP contribution in [0.25, 0.3) is 10.9 Å². The summed E-state index contributed by atoms with van der Waals surface area (Å²) in [5.74, 6) is -0.762. The Bertz CT molecular complexity index is 1260. The second-order valence-corrected chi connectivity index (χ2v) is 10.0. The van der Waals surface area contributed by atoms with Gasteiger partial charge in [0.1, 0.15) is 0 Å². The van der Waals surface area contributed by atoms with Crippen molar-refractivity contribution in [1.29, 1.82) is 0 Å². The number of hydrogen-bond acceptors (Lipinski definition) is 5. The zero-order valence-electron chi connectivity index (χ0n) is 14.9. The van der Waals surface area contributed by atoms with E-state index in [1.165, 1.54) is 18.2 Å². The Morgan fingerprint density at radius 2 is 1.52 bits per heavy atom. The Labute approximate surface area is 157 Å². The fourth-order valence-corrected chi connectivity index (χ4v) is 4.31.